The van der Waals surface area contributed by atoms with Crippen LogP contribution in [0.5, 0.6) is 0 Å². The van der Waals surface area contributed by atoms with Gasteiger partial charge in [0.15, 0.2) is 0 Å². The van der Waals surface area contributed by atoms with Crippen LogP contribution in [0.25, 0.3) is 5.57 Å². The Morgan fingerprint density at radius 1 is 1.08 bits per heavy atom. The molecule has 132 valence electrons. The van der Waals surface area contributed by atoms with Crippen LogP contribution in [0.15, 0.2) is 59.6 Å². The summed E-state index contributed by atoms with van der Waals surface area (Å²) in [5.74, 6) is -0.580. The summed E-state index contributed by atoms with van der Waals surface area (Å²) in [5, 5.41) is 0. The number of nitrogens with one attached hydrogen (secondary N) is 1. The second-order valence-electron chi connectivity index (χ2n) is 5.53. The first-order valence-corrected chi connectivity index (χ1v) is 9.35. The molecule has 2 rings (SSSR count). The number of esters is 1. The first-order valence-electron chi connectivity index (χ1n) is 7.87. The third kappa shape index (κ3) is 4.70. The van der Waals surface area contributed by atoms with E-state index < -0.39 is 16.0 Å². The standard InChI is InChI=1S/C19H21NO4S/c1-4-24-19(21)18(17-8-6-5-7-15(17)3)13-20-25(22,23)16-11-9-14(2)10-12-16/h5-13,20H,4H2,1-3H3/b18-13+. The van der Waals surface area contributed by atoms with Crippen LogP contribution in [-0.4, -0.2) is 21.0 Å². The average Bonchev–Trinajstić information content (AvgIpc) is 2.57. The van der Waals surface area contributed by atoms with Crippen LogP contribution >= 0.6 is 0 Å². The van der Waals surface area contributed by atoms with Crippen LogP contribution in [-0.2, 0) is 19.6 Å². The Morgan fingerprint density at radius 2 is 1.72 bits per heavy atom. The minimum absolute atomic E-state index is 0.127. The summed E-state index contributed by atoms with van der Waals surface area (Å²) in [6.45, 7) is 5.62. The van der Waals surface area contributed by atoms with Gasteiger partial charge in [-0.1, -0.05) is 42.0 Å². The number of sulfonamides is 1. The van der Waals surface area contributed by atoms with Gasteiger partial charge >= 0.3 is 5.97 Å². The van der Waals surface area contributed by atoms with Crippen molar-refractivity contribution in [1.82, 2.24) is 4.72 Å². The topological polar surface area (TPSA) is 72.5 Å². The lowest BCUT2D eigenvalue weighted by Gasteiger charge is -2.11. The fourth-order valence-electron chi connectivity index (χ4n) is 2.25. The van der Waals surface area contributed by atoms with Gasteiger partial charge in [0.1, 0.15) is 0 Å². The monoisotopic (exact) mass is 359 g/mol. The van der Waals surface area contributed by atoms with Crippen molar-refractivity contribution in [3.8, 4) is 0 Å². The molecular weight excluding hydrogens is 338 g/mol. The van der Waals surface area contributed by atoms with E-state index in [1.54, 1.807) is 31.2 Å². The van der Waals surface area contributed by atoms with E-state index in [4.69, 9.17) is 4.74 Å². The molecule has 5 nitrogen and oxygen atoms in total. The molecule has 0 bridgehead atoms. The van der Waals surface area contributed by atoms with Gasteiger partial charge in [0.25, 0.3) is 10.0 Å². The van der Waals surface area contributed by atoms with E-state index in [2.05, 4.69) is 4.72 Å². The molecule has 0 aliphatic heterocycles. The van der Waals surface area contributed by atoms with Crippen LogP contribution in [0.4, 0.5) is 0 Å². The van der Waals surface area contributed by atoms with Gasteiger partial charge in [0, 0.05) is 6.20 Å². The third-order valence-electron chi connectivity index (χ3n) is 3.62. The first-order chi connectivity index (χ1) is 11.8. The molecule has 0 spiro atoms. The number of aryl methyl sites for hydroxylation is 2. The average molecular weight is 359 g/mol. The van der Waals surface area contributed by atoms with Gasteiger partial charge in [-0.2, -0.15) is 0 Å². The zero-order valence-corrected chi connectivity index (χ0v) is 15.3. The molecule has 2 aromatic rings. The number of carbonyl (C=O) groups excluding carboxylic acids is 1. The maximum absolute atomic E-state index is 12.4. The predicted molar refractivity (Wildman–Crippen MR) is 97.3 cm³/mol. The molecule has 0 saturated carbocycles. The Morgan fingerprint density at radius 3 is 2.32 bits per heavy atom. The van der Waals surface area contributed by atoms with E-state index in [-0.39, 0.29) is 17.1 Å². The summed E-state index contributed by atoms with van der Waals surface area (Å²) >= 11 is 0. The highest BCUT2D eigenvalue weighted by molar-refractivity contribution is 7.89. The SMILES string of the molecule is CCOC(=O)/C(=C/NS(=O)(=O)c1ccc(C)cc1)c1ccccc1C. The number of hydrogen-bond donors (Lipinski definition) is 1. The number of carbonyl (C=O) groups is 1. The molecule has 0 aliphatic rings. The molecule has 0 saturated heterocycles. The second kappa shape index (κ2) is 7.98. The molecule has 0 fully saturated rings. The molecule has 0 heterocycles. The summed E-state index contributed by atoms with van der Waals surface area (Å²) in [4.78, 5) is 12.4. The van der Waals surface area contributed by atoms with Gasteiger partial charge in [-0.25, -0.2) is 13.2 Å². The molecule has 0 aromatic heterocycles. The largest absolute Gasteiger partial charge is 0.462 e. The first kappa shape index (κ1) is 18.7. The fraction of sp³-hybridized carbons (Fsp3) is 0.211. The molecule has 0 aliphatic carbocycles. The number of rotatable bonds is 6. The van der Waals surface area contributed by atoms with Crippen molar-refractivity contribution in [2.24, 2.45) is 0 Å². The minimum Gasteiger partial charge on any atom is -0.462 e. The van der Waals surface area contributed by atoms with Crippen LogP contribution in [0, 0.1) is 13.8 Å². The summed E-state index contributed by atoms with van der Waals surface area (Å²) < 4.78 is 32.3. The molecule has 0 radical (unpaired) electrons. The molecule has 2 aromatic carbocycles. The van der Waals surface area contributed by atoms with E-state index in [0.717, 1.165) is 11.1 Å². The lowest BCUT2D eigenvalue weighted by molar-refractivity contribution is -0.136. The van der Waals surface area contributed by atoms with Crippen molar-refractivity contribution in [3.05, 3.63) is 71.4 Å². The Kier molecular flexibility index (Phi) is 5.98. The molecule has 25 heavy (non-hydrogen) atoms. The number of benzene rings is 2. The van der Waals surface area contributed by atoms with Gasteiger partial charge < -0.3 is 4.74 Å². The summed E-state index contributed by atoms with van der Waals surface area (Å²) in [6.07, 6.45) is 1.19. The smallest absolute Gasteiger partial charge is 0.340 e. The summed E-state index contributed by atoms with van der Waals surface area (Å²) in [7, 11) is -3.78. The van der Waals surface area contributed by atoms with Gasteiger partial charge in [0.05, 0.1) is 17.1 Å². The number of hydrogen-bond acceptors (Lipinski definition) is 4. The van der Waals surface area contributed by atoms with Crippen LogP contribution in [0.2, 0.25) is 0 Å². The second-order valence-corrected chi connectivity index (χ2v) is 7.24. The normalized spacial score (nSPS) is 11.9. The van der Waals surface area contributed by atoms with Crippen molar-refractivity contribution in [3.63, 3.8) is 0 Å². The van der Waals surface area contributed by atoms with Crippen molar-refractivity contribution < 1.29 is 17.9 Å². The predicted octanol–water partition coefficient (Wildman–Crippen LogP) is 3.19. The van der Waals surface area contributed by atoms with Crippen molar-refractivity contribution >= 4 is 21.6 Å². The highest BCUT2D eigenvalue weighted by Crippen LogP contribution is 2.20. The maximum atomic E-state index is 12.4. The van der Waals surface area contributed by atoms with E-state index in [0.29, 0.717) is 5.56 Å². The van der Waals surface area contributed by atoms with Gasteiger partial charge in [0.2, 0.25) is 0 Å². The number of ether oxygens (including phenoxy) is 1. The maximum Gasteiger partial charge on any atom is 0.340 e. The third-order valence-corrected chi connectivity index (χ3v) is 4.94. The van der Waals surface area contributed by atoms with E-state index in [1.165, 1.54) is 18.3 Å². The van der Waals surface area contributed by atoms with E-state index >= 15 is 0 Å². The Balaban J connectivity index is 2.39. The Hall–Kier alpha value is -2.60. The zero-order chi connectivity index (χ0) is 18.4. The van der Waals surface area contributed by atoms with E-state index in [9.17, 15) is 13.2 Å². The molecule has 1 N–H and O–H groups in total. The molecule has 0 unspecified atom stereocenters. The van der Waals surface area contributed by atoms with Crippen LogP contribution in [0.3, 0.4) is 0 Å². The molecule has 0 atom stereocenters. The molecule has 6 heteroatoms. The lowest BCUT2D eigenvalue weighted by atomic mass is 10.0. The fourth-order valence-corrected chi connectivity index (χ4v) is 3.16. The van der Waals surface area contributed by atoms with Crippen molar-refractivity contribution in [2.45, 2.75) is 25.7 Å². The quantitative estimate of drug-likeness (QED) is 0.635. The summed E-state index contributed by atoms with van der Waals surface area (Å²) in [5.41, 5.74) is 2.58. The van der Waals surface area contributed by atoms with Gasteiger partial charge in [-0.15, -0.1) is 0 Å². The van der Waals surface area contributed by atoms with Crippen molar-refractivity contribution in [1.29, 1.82) is 0 Å². The Bertz CT molecular complexity index is 884. The zero-order valence-electron chi connectivity index (χ0n) is 14.4. The highest BCUT2D eigenvalue weighted by Gasteiger charge is 2.18. The van der Waals surface area contributed by atoms with Crippen LogP contribution < -0.4 is 4.72 Å². The lowest BCUT2D eigenvalue weighted by Crippen LogP contribution is -2.20. The Labute approximate surface area is 148 Å². The van der Waals surface area contributed by atoms with Gasteiger partial charge in [-0.05, 0) is 44.0 Å². The molecule has 0 amide bonds. The van der Waals surface area contributed by atoms with Crippen LogP contribution in [0.1, 0.15) is 23.6 Å². The molecular formula is C19H21NO4S. The summed E-state index contributed by atoms with van der Waals surface area (Å²) in [6, 6.07) is 13.7. The minimum atomic E-state index is -3.78. The van der Waals surface area contributed by atoms with Gasteiger partial charge in [-0.3, -0.25) is 4.72 Å². The van der Waals surface area contributed by atoms with E-state index in [1.807, 2.05) is 26.0 Å². The highest BCUT2D eigenvalue weighted by atomic mass is 32.2. The van der Waals surface area contributed by atoms with Crippen molar-refractivity contribution in [2.75, 3.05) is 6.61 Å².